The van der Waals surface area contributed by atoms with Crippen LogP contribution in [0.5, 0.6) is 5.75 Å². The van der Waals surface area contributed by atoms with Crippen molar-refractivity contribution in [2.75, 3.05) is 21.2 Å². The van der Waals surface area contributed by atoms with E-state index in [-0.39, 0.29) is 21.5 Å². The van der Waals surface area contributed by atoms with Gasteiger partial charge in [-0.25, -0.2) is 9.28 Å². The minimum Gasteiger partial charge on any atom is -0.491 e. The molecule has 22 heavy (non-hydrogen) atoms. The predicted octanol–water partition coefficient (Wildman–Crippen LogP) is 1.92. The quantitative estimate of drug-likeness (QED) is 0.660. The van der Waals surface area contributed by atoms with Crippen molar-refractivity contribution in [2.24, 2.45) is 0 Å². The van der Waals surface area contributed by atoms with E-state index in [1.165, 1.54) is 11.8 Å². The van der Waals surface area contributed by atoms with E-state index in [9.17, 15) is 9.59 Å². The highest BCUT2D eigenvalue weighted by molar-refractivity contribution is 8.24. The number of hydrogen-bond donors (Lipinski definition) is 1. The Kier molecular flexibility index (Phi) is 3.74. The molecule has 0 radical (unpaired) electrons. The van der Waals surface area contributed by atoms with Gasteiger partial charge in [0, 0.05) is 5.56 Å². The van der Waals surface area contributed by atoms with Gasteiger partial charge in [-0.2, -0.15) is 0 Å². The molecule has 7 heteroatoms. The van der Waals surface area contributed by atoms with E-state index in [1.807, 2.05) is 26.2 Å². The second-order valence-electron chi connectivity index (χ2n) is 5.81. The number of ether oxygens (including phenoxy) is 1. The van der Waals surface area contributed by atoms with Gasteiger partial charge in [0.2, 0.25) is 5.91 Å². The van der Waals surface area contributed by atoms with Gasteiger partial charge in [-0.1, -0.05) is 30.0 Å². The largest absolute Gasteiger partial charge is 0.491 e. The highest BCUT2D eigenvalue weighted by Gasteiger charge is 2.42. The Hall–Kier alpha value is -1.44. The number of fused-ring (bicyclic) bond motifs is 1. The number of rotatable bonds is 2. The number of carbonyl (C=O) groups is 2. The predicted molar refractivity (Wildman–Crippen MR) is 91.0 cm³/mol. The standard InChI is InChI=1S/C15H16N2O3S2/c1-17(2)11(18)7-5-8-9(4-6-10(20-3)12(8)17)13-14(19)16-15(21)22-13/h4,6,13H,5,7H2,1-3H3/p+1. The molecule has 1 unspecified atom stereocenters. The molecule has 0 aliphatic carbocycles. The molecule has 0 saturated carbocycles. The lowest BCUT2D eigenvalue weighted by atomic mass is 9.92. The number of hydrogen-bond acceptors (Lipinski definition) is 5. The van der Waals surface area contributed by atoms with Gasteiger partial charge in [0.15, 0.2) is 11.4 Å². The number of carbonyl (C=O) groups excluding carboxylic acids is 2. The van der Waals surface area contributed by atoms with Gasteiger partial charge < -0.3 is 10.1 Å². The monoisotopic (exact) mass is 337 g/mol. The van der Waals surface area contributed by atoms with E-state index in [4.69, 9.17) is 17.0 Å². The van der Waals surface area contributed by atoms with Gasteiger partial charge >= 0.3 is 5.91 Å². The van der Waals surface area contributed by atoms with Crippen LogP contribution in [0.1, 0.15) is 22.8 Å². The van der Waals surface area contributed by atoms with Gasteiger partial charge in [-0.05, 0) is 18.1 Å². The zero-order valence-electron chi connectivity index (χ0n) is 12.6. The van der Waals surface area contributed by atoms with Gasteiger partial charge in [0.05, 0.1) is 27.6 Å². The summed E-state index contributed by atoms with van der Waals surface area (Å²) in [5.74, 6) is 0.731. The molecule has 1 fully saturated rings. The van der Waals surface area contributed by atoms with E-state index >= 15 is 0 Å². The molecule has 2 aliphatic heterocycles. The van der Waals surface area contributed by atoms with Crippen molar-refractivity contribution in [2.45, 2.75) is 18.1 Å². The Morgan fingerprint density at radius 3 is 2.64 bits per heavy atom. The Labute approximate surface area is 138 Å². The zero-order chi connectivity index (χ0) is 16.1. The number of thiocarbonyl (C=S) groups is 1. The fourth-order valence-corrected chi connectivity index (χ4v) is 4.39. The molecule has 0 aromatic heterocycles. The maximum absolute atomic E-state index is 12.3. The average Bonchev–Trinajstić information content (AvgIpc) is 2.80. The Morgan fingerprint density at radius 2 is 2.05 bits per heavy atom. The van der Waals surface area contributed by atoms with Crippen LogP contribution in [0.2, 0.25) is 0 Å². The van der Waals surface area contributed by atoms with E-state index in [2.05, 4.69) is 5.32 Å². The fourth-order valence-electron chi connectivity index (χ4n) is 3.11. The van der Waals surface area contributed by atoms with Crippen molar-refractivity contribution in [1.29, 1.82) is 0 Å². The van der Waals surface area contributed by atoms with Crippen LogP contribution >= 0.6 is 24.0 Å². The molecule has 5 nitrogen and oxygen atoms in total. The summed E-state index contributed by atoms with van der Waals surface area (Å²) in [7, 11) is 5.32. The van der Waals surface area contributed by atoms with Crippen LogP contribution in [0.4, 0.5) is 5.69 Å². The second kappa shape index (κ2) is 5.33. The molecule has 1 N–H and O–H groups in total. The lowest BCUT2D eigenvalue weighted by Gasteiger charge is -2.34. The number of methoxy groups -OCH3 is 1. The van der Waals surface area contributed by atoms with Crippen LogP contribution in [0.25, 0.3) is 0 Å². The summed E-state index contributed by atoms with van der Waals surface area (Å²) in [5, 5.41) is 2.34. The molecule has 1 aromatic carbocycles. The highest BCUT2D eigenvalue weighted by Crippen LogP contribution is 2.46. The number of nitrogens with one attached hydrogen (secondary N) is 1. The third kappa shape index (κ3) is 2.24. The first-order chi connectivity index (χ1) is 10.4. The lowest BCUT2D eigenvalue weighted by Crippen LogP contribution is -2.50. The minimum absolute atomic E-state index is 0.0930. The second-order valence-corrected chi connectivity index (χ2v) is 7.59. The van der Waals surface area contributed by atoms with Gasteiger partial charge in [0.1, 0.15) is 9.57 Å². The maximum Gasteiger partial charge on any atom is 0.318 e. The Morgan fingerprint density at radius 1 is 1.32 bits per heavy atom. The minimum atomic E-state index is -0.347. The Balaban J connectivity index is 2.20. The molecule has 2 aliphatic rings. The normalized spacial score (nSPS) is 23.2. The zero-order valence-corrected chi connectivity index (χ0v) is 14.3. The number of quaternary nitrogens is 1. The van der Waals surface area contributed by atoms with Crippen molar-refractivity contribution < 1.29 is 14.3 Å². The van der Waals surface area contributed by atoms with E-state index < -0.39 is 0 Å². The first kappa shape index (κ1) is 15.5. The molecular weight excluding hydrogens is 320 g/mol. The SMILES string of the molecule is COc1ccc(C2SC(=S)NC2=O)c2c1[N+](C)(C)C(=O)CC2. The maximum atomic E-state index is 12.3. The lowest BCUT2D eigenvalue weighted by molar-refractivity contribution is -0.128. The summed E-state index contributed by atoms with van der Waals surface area (Å²) < 4.78 is 6.10. The van der Waals surface area contributed by atoms with Crippen molar-refractivity contribution in [3.05, 3.63) is 23.3 Å². The van der Waals surface area contributed by atoms with Crippen LogP contribution in [0, 0.1) is 0 Å². The van der Waals surface area contributed by atoms with Crippen LogP contribution in [-0.4, -0.2) is 37.3 Å². The third-order valence-electron chi connectivity index (χ3n) is 4.24. The molecule has 2 heterocycles. The van der Waals surface area contributed by atoms with Gasteiger partial charge in [0.25, 0.3) is 0 Å². The summed E-state index contributed by atoms with van der Waals surface area (Å²) in [6, 6.07) is 3.75. The smallest absolute Gasteiger partial charge is 0.318 e. The topological polar surface area (TPSA) is 55.4 Å². The summed E-state index contributed by atoms with van der Waals surface area (Å²) in [6.45, 7) is 0. The molecule has 1 aromatic rings. The molecule has 1 saturated heterocycles. The number of thioether (sulfide) groups is 1. The summed E-state index contributed by atoms with van der Waals surface area (Å²) >= 11 is 6.44. The Bertz CT molecular complexity index is 700. The van der Waals surface area contributed by atoms with Crippen molar-refractivity contribution in [3.8, 4) is 5.75 Å². The highest BCUT2D eigenvalue weighted by atomic mass is 32.2. The molecule has 2 amide bonds. The molecule has 0 bridgehead atoms. The molecule has 1 atom stereocenters. The summed E-state index contributed by atoms with van der Waals surface area (Å²) in [4.78, 5) is 24.4. The van der Waals surface area contributed by atoms with E-state index in [0.29, 0.717) is 22.9 Å². The van der Waals surface area contributed by atoms with Crippen molar-refractivity contribution in [1.82, 2.24) is 9.80 Å². The van der Waals surface area contributed by atoms with E-state index in [1.54, 1.807) is 7.11 Å². The summed E-state index contributed by atoms with van der Waals surface area (Å²) in [6.07, 6.45) is 1.09. The van der Waals surface area contributed by atoms with Gasteiger partial charge in [-0.15, -0.1) is 0 Å². The molecule has 116 valence electrons. The van der Waals surface area contributed by atoms with Crippen molar-refractivity contribution in [3.63, 3.8) is 0 Å². The summed E-state index contributed by atoms with van der Waals surface area (Å²) in [5.41, 5.74) is 2.81. The molecular formula is C15H17N2O3S2+. The van der Waals surface area contributed by atoms with E-state index in [0.717, 1.165) is 16.8 Å². The third-order valence-corrected chi connectivity index (χ3v) is 5.65. The van der Waals surface area contributed by atoms with Crippen LogP contribution in [0.15, 0.2) is 12.1 Å². The first-order valence-corrected chi connectivity index (χ1v) is 8.24. The molecule has 3 rings (SSSR count). The fraction of sp³-hybridized carbons (Fsp3) is 0.400. The van der Waals surface area contributed by atoms with Crippen LogP contribution in [-0.2, 0) is 16.0 Å². The first-order valence-electron chi connectivity index (χ1n) is 6.95. The number of benzene rings is 1. The van der Waals surface area contributed by atoms with Crippen LogP contribution in [0.3, 0.4) is 0 Å². The van der Waals surface area contributed by atoms with Crippen molar-refractivity contribution >= 4 is 45.8 Å². The molecule has 0 spiro atoms. The van der Waals surface area contributed by atoms with Crippen LogP contribution < -0.4 is 14.5 Å². The number of amides is 2. The average molecular weight is 337 g/mol. The van der Waals surface area contributed by atoms with Gasteiger partial charge in [-0.3, -0.25) is 4.79 Å². The number of nitrogens with zero attached hydrogens (tertiary/aromatic N) is 1.